The van der Waals surface area contributed by atoms with Gasteiger partial charge in [0.15, 0.2) is 0 Å². The number of fused-ring (bicyclic) bond motifs is 1. The molecule has 0 N–H and O–H groups in total. The van der Waals surface area contributed by atoms with Gasteiger partial charge in [-0.15, -0.1) is 11.3 Å². The predicted molar refractivity (Wildman–Crippen MR) is 71.5 cm³/mol. The molecule has 17 heavy (non-hydrogen) atoms. The van der Waals surface area contributed by atoms with E-state index in [1.54, 1.807) is 11.3 Å². The van der Waals surface area contributed by atoms with Crippen molar-refractivity contribution in [2.24, 2.45) is 0 Å². The van der Waals surface area contributed by atoms with Crippen LogP contribution in [-0.4, -0.2) is 26.9 Å². The molecule has 1 aliphatic heterocycles. The lowest BCUT2D eigenvalue weighted by atomic mass is 9.98. The van der Waals surface area contributed by atoms with Crippen molar-refractivity contribution in [3.63, 3.8) is 0 Å². The second kappa shape index (κ2) is 4.42. The first-order chi connectivity index (χ1) is 8.27. The Hall–Kier alpha value is -0.870. The van der Waals surface area contributed by atoms with Crippen LogP contribution in [0.5, 0.6) is 0 Å². The Morgan fingerprint density at radius 3 is 3.12 bits per heavy atom. The number of hydrogen-bond acceptors (Lipinski definition) is 3. The lowest BCUT2D eigenvalue weighted by molar-refractivity contribution is 0.110. The molecule has 0 amide bonds. The molecule has 2 aromatic heterocycles. The van der Waals surface area contributed by atoms with Crippen LogP contribution in [0.4, 0.5) is 0 Å². The average molecular weight is 249 g/mol. The van der Waals surface area contributed by atoms with E-state index in [0.717, 1.165) is 0 Å². The summed E-state index contributed by atoms with van der Waals surface area (Å²) in [6.07, 6.45) is 7.96. The zero-order valence-electron chi connectivity index (χ0n) is 10.5. The van der Waals surface area contributed by atoms with Gasteiger partial charge >= 0.3 is 0 Å². The summed E-state index contributed by atoms with van der Waals surface area (Å²) in [6.45, 7) is 5.80. The highest BCUT2D eigenvalue weighted by Gasteiger charge is 2.28. The number of piperidine rings is 1. The Labute approximate surface area is 106 Å². The maximum atomic E-state index is 4.64. The zero-order chi connectivity index (χ0) is 11.8. The smallest absolute Gasteiger partial charge is 0.124 e. The third kappa shape index (κ3) is 1.89. The quantitative estimate of drug-likeness (QED) is 0.813. The van der Waals surface area contributed by atoms with Crippen molar-refractivity contribution in [1.29, 1.82) is 0 Å². The fraction of sp³-hybridized carbons (Fsp3) is 0.615. The summed E-state index contributed by atoms with van der Waals surface area (Å²) in [5.41, 5.74) is 1.29. The first-order valence-corrected chi connectivity index (χ1v) is 7.31. The van der Waals surface area contributed by atoms with Gasteiger partial charge < -0.3 is 0 Å². The third-order valence-corrected chi connectivity index (χ3v) is 4.60. The van der Waals surface area contributed by atoms with Crippen molar-refractivity contribution in [2.45, 2.75) is 45.2 Å². The average Bonchev–Trinajstić information content (AvgIpc) is 2.90. The first kappa shape index (κ1) is 11.2. The molecule has 0 saturated carbocycles. The van der Waals surface area contributed by atoms with Gasteiger partial charge in [-0.2, -0.15) is 0 Å². The molecule has 4 heteroatoms. The van der Waals surface area contributed by atoms with E-state index < -0.39 is 0 Å². The standard InChI is InChI=1S/C13H19N3S/c1-10(2)16-6-4-3-5-11(16)12-13-15(9-14-12)7-8-17-13/h7-11H,3-6H2,1-2H3/t11-/m1/s1. The molecule has 0 radical (unpaired) electrons. The second-order valence-electron chi connectivity index (χ2n) is 5.09. The van der Waals surface area contributed by atoms with Crippen molar-refractivity contribution in [1.82, 2.24) is 14.3 Å². The third-order valence-electron chi connectivity index (χ3n) is 3.70. The summed E-state index contributed by atoms with van der Waals surface area (Å²) in [4.78, 5) is 8.57. The predicted octanol–water partition coefficient (Wildman–Crippen LogP) is 3.33. The summed E-state index contributed by atoms with van der Waals surface area (Å²) in [5.74, 6) is 0. The summed E-state index contributed by atoms with van der Waals surface area (Å²) < 4.78 is 2.15. The molecular formula is C13H19N3S. The number of nitrogens with zero attached hydrogens (tertiary/aromatic N) is 3. The number of likely N-dealkylation sites (tertiary alicyclic amines) is 1. The summed E-state index contributed by atoms with van der Waals surface area (Å²) in [5, 5.41) is 2.14. The van der Waals surface area contributed by atoms with Crippen LogP contribution in [0.15, 0.2) is 17.9 Å². The highest BCUT2D eigenvalue weighted by Crippen LogP contribution is 2.34. The maximum Gasteiger partial charge on any atom is 0.124 e. The van der Waals surface area contributed by atoms with Gasteiger partial charge in [-0.05, 0) is 33.2 Å². The van der Waals surface area contributed by atoms with Crippen LogP contribution in [0.1, 0.15) is 44.8 Å². The van der Waals surface area contributed by atoms with E-state index >= 15 is 0 Å². The Morgan fingerprint density at radius 2 is 2.29 bits per heavy atom. The van der Waals surface area contributed by atoms with E-state index in [1.165, 1.54) is 36.3 Å². The van der Waals surface area contributed by atoms with Crippen molar-refractivity contribution in [2.75, 3.05) is 6.54 Å². The van der Waals surface area contributed by atoms with Gasteiger partial charge in [0.25, 0.3) is 0 Å². The lowest BCUT2D eigenvalue weighted by Gasteiger charge is -2.37. The van der Waals surface area contributed by atoms with Gasteiger partial charge in [-0.25, -0.2) is 4.98 Å². The first-order valence-electron chi connectivity index (χ1n) is 6.43. The normalized spacial score (nSPS) is 22.6. The van der Waals surface area contributed by atoms with E-state index in [4.69, 9.17) is 0 Å². The fourth-order valence-electron chi connectivity index (χ4n) is 2.85. The Bertz CT molecular complexity index is 499. The minimum Gasteiger partial charge on any atom is -0.297 e. The van der Waals surface area contributed by atoms with Crippen molar-refractivity contribution in [3.05, 3.63) is 23.6 Å². The minimum atomic E-state index is 0.521. The van der Waals surface area contributed by atoms with Gasteiger partial charge in [0.1, 0.15) is 11.2 Å². The van der Waals surface area contributed by atoms with E-state index in [1.807, 2.05) is 6.33 Å². The van der Waals surface area contributed by atoms with Gasteiger partial charge in [-0.3, -0.25) is 9.30 Å². The molecule has 0 unspecified atom stereocenters. The van der Waals surface area contributed by atoms with Crippen molar-refractivity contribution < 1.29 is 0 Å². The van der Waals surface area contributed by atoms with Crippen LogP contribution in [0.25, 0.3) is 4.83 Å². The molecule has 0 aromatic carbocycles. The molecule has 2 aromatic rings. The number of imidazole rings is 1. The lowest BCUT2D eigenvalue weighted by Crippen LogP contribution is -2.38. The van der Waals surface area contributed by atoms with Crippen LogP contribution >= 0.6 is 11.3 Å². The zero-order valence-corrected chi connectivity index (χ0v) is 11.3. The molecule has 3 rings (SSSR count). The highest BCUT2D eigenvalue weighted by atomic mass is 32.1. The Balaban J connectivity index is 1.98. The van der Waals surface area contributed by atoms with Gasteiger partial charge in [-0.1, -0.05) is 6.42 Å². The molecule has 1 atom stereocenters. The van der Waals surface area contributed by atoms with Crippen LogP contribution in [-0.2, 0) is 0 Å². The van der Waals surface area contributed by atoms with Crippen LogP contribution in [0.2, 0.25) is 0 Å². The van der Waals surface area contributed by atoms with Crippen LogP contribution in [0.3, 0.4) is 0 Å². The van der Waals surface area contributed by atoms with Crippen molar-refractivity contribution in [3.8, 4) is 0 Å². The number of hydrogen-bond donors (Lipinski definition) is 0. The fourth-order valence-corrected chi connectivity index (χ4v) is 3.71. The van der Waals surface area contributed by atoms with Gasteiger partial charge in [0.2, 0.25) is 0 Å². The largest absolute Gasteiger partial charge is 0.297 e. The molecule has 92 valence electrons. The van der Waals surface area contributed by atoms with E-state index in [-0.39, 0.29) is 0 Å². The molecule has 0 aliphatic carbocycles. The molecule has 3 nitrogen and oxygen atoms in total. The summed E-state index contributed by atoms with van der Waals surface area (Å²) in [6, 6.07) is 1.13. The van der Waals surface area contributed by atoms with E-state index in [2.05, 4.69) is 39.7 Å². The molecule has 1 saturated heterocycles. The highest BCUT2D eigenvalue weighted by molar-refractivity contribution is 7.15. The summed E-state index contributed by atoms with van der Waals surface area (Å²) in [7, 11) is 0. The molecule has 0 bridgehead atoms. The SMILES string of the molecule is CC(C)N1CCCC[C@@H]1c1ncn2ccsc12. The van der Waals surface area contributed by atoms with Crippen LogP contribution < -0.4 is 0 Å². The van der Waals surface area contributed by atoms with Crippen molar-refractivity contribution >= 4 is 16.2 Å². The minimum absolute atomic E-state index is 0.521. The molecule has 1 fully saturated rings. The Morgan fingerprint density at radius 1 is 1.41 bits per heavy atom. The van der Waals surface area contributed by atoms with Gasteiger partial charge in [0, 0.05) is 17.6 Å². The Kier molecular flexibility index (Phi) is 2.92. The van der Waals surface area contributed by atoms with E-state index in [0.29, 0.717) is 12.1 Å². The molecule has 1 aliphatic rings. The second-order valence-corrected chi connectivity index (χ2v) is 5.98. The summed E-state index contributed by atoms with van der Waals surface area (Å²) >= 11 is 1.80. The number of thiazole rings is 1. The monoisotopic (exact) mass is 249 g/mol. The van der Waals surface area contributed by atoms with E-state index in [9.17, 15) is 0 Å². The number of aromatic nitrogens is 2. The number of rotatable bonds is 2. The van der Waals surface area contributed by atoms with Gasteiger partial charge in [0.05, 0.1) is 11.7 Å². The topological polar surface area (TPSA) is 20.5 Å². The maximum absolute atomic E-state index is 4.64. The molecule has 3 heterocycles. The molecular weight excluding hydrogens is 230 g/mol. The van der Waals surface area contributed by atoms with Crippen LogP contribution in [0, 0.1) is 0 Å². The molecule has 0 spiro atoms.